The summed E-state index contributed by atoms with van der Waals surface area (Å²) in [7, 11) is 1.34. The Balaban J connectivity index is 1.70. The van der Waals surface area contributed by atoms with E-state index in [2.05, 4.69) is 4.90 Å². The van der Waals surface area contributed by atoms with E-state index >= 15 is 0 Å². The summed E-state index contributed by atoms with van der Waals surface area (Å²) >= 11 is 1.40. The number of morpholine rings is 1. The molecule has 3 heterocycles. The first-order chi connectivity index (χ1) is 15.0. The highest BCUT2D eigenvalue weighted by atomic mass is 32.1. The lowest BCUT2D eigenvalue weighted by atomic mass is 9.99. The number of likely N-dealkylation sites (tertiary alicyclic amines) is 1. The Hall–Kier alpha value is -2.75. The third-order valence-electron chi connectivity index (χ3n) is 5.54. The molecule has 1 amide bonds. The predicted molar refractivity (Wildman–Crippen MR) is 114 cm³/mol. The van der Waals surface area contributed by atoms with E-state index in [4.69, 9.17) is 9.47 Å². The van der Waals surface area contributed by atoms with Crippen LogP contribution in [-0.2, 0) is 14.3 Å². The average molecular weight is 447 g/mol. The second kappa shape index (κ2) is 9.17. The molecule has 1 atom stereocenters. The van der Waals surface area contributed by atoms with Crippen molar-refractivity contribution in [1.29, 1.82) is 0 Å². The summed E-state index contributed by atoms with van der Waals surface area (Å²) in [5.41, 5.74) is 0.0880. The lowest BCUT2D eigenvalue weighted by Crippen LogP contribution is -2.42. The summed E-state index contributed by atoms with van der Waals surface area (Å²) in [6.07, 6.45) is 0. The molecule has 4 rings (SSSR count). The highest BCUT2D eigenvalue weighted by Crippen LogP contribution is 2.41. The van der Waals surface area contributed by atoms with E-state index in [0.717, 1.165) is 24.0 Å². The second-order valence-corrected chi connectivity index (χ2v) is 8.29. The van der Waals surface area contributed by atoms with Crippen LogP contribution in [0.2, 0.25) is 0 Å². The maximum Gasteiger partial charge on any atom is 0.295 e. The van der Waals surface area contributed by atoms with E-state index in [1.165, 1.54) is 35.5 Å². The van der Waals surface area contributed by atoms with Gasteiger partial charge in [-0.15, -0.1) is 11.3 Å². The van der Waals surface area contributed by atoms with Gasteiger partial charge in [-0.1, -0.05) is 6.07 Å². The molecule has 31 heavy (non-hydrogen) atoms. The number of benzene rings is 1. The fourth-order valence-electron chi connectivity index (χ4n) is 3.90. The van der Waals surface area contributed by atoms with Crippen LogP contribution in [0.1, 0.15) is 16.5 Å². The number of aliphatic hydroxyl groups is 1. The minimum absolute atomic E-state index is 0.0253. The Morgan fingerprint density at radius 2 is 2.03 bits per heavy atom. The number of methoxy groups -OCH3 is 1. The normalized spacial score (nSPS) is 21.6. The van der Waals surface area contributed by atoms with Gasteiger partial charge in [0.25, 0.3) is 11.7 Å². The molecule has 0 aliphatic carbocycles. The van der Waals surface area contributed by atoms with E-state index in [9.17, 15) is 19.1 Å². The van der Waals surface area contributed by atoms with Gasteiger partial charge in [-0.05, 0) is 29.6 Å². The molecule has 2 saturated heterocycles. The van der Waals surface area contributed by atoms with E-state index < -0.39 is 29.3 Å². The zero-order valence-corrected chi connectivity index (χ0v) is 17.9. The summed E-state index contributed by atoms with van der Waals surface area (Å²) in [6.45, 7) is 3.72. The molecule has 7 nitrogen and oxygen atoms in total. The molecule has 2 aliphatic rings. The van der Waals surface area contributed by atoms with Crippen molar-refractivity contribution in [3.63, 3.8) is 0 Å². The second-order valence-electron chi connectivity index (χ2n) is 7.31. The van der Waals surface area contributed by atoms with Crippen molar-refractivity contribution in [2.45, 2.75) is 6.04 Å². The summed E-state index contributed by atoms with van der Waals surface area (Å²) in [5.74, 6) is -2.47. The van der Waals surface area contributed by atoms with Crippen LogP contribution in [-0.4, -0.2) is 73.1 Å². The topological polar surface area (TPSA) is 79.3 Å². The largest absolute Gasteiger partial charge is 0.507 e. The fourth-order valence-corrected chi connectivity index (χ4v) is 4.74. The Morgan fingerprint density at radius 1 is 1.26 bits per heavy atom. The first-order valence-corrected chi connectivity index (χ1v) is 10.8. The Labute approximate surface area is 183 Å². The zero-order valence-electron chi connectivity index (χ0n) is 17.0. The van der Waals surface area contributed by atoms with Crippen LogP contribution in [0, 0.1) is 5.82 Å². The number of hydrogen-bond donors (Lipinski definition) is 1. The zero-order chi connectivity index (χ0) is 22.0. The predicted octanol–water partition coefficient (Wildman–Crippen LogP) is 2.65. The third kappa shape index (κ3) is 4.21. The van der Waals surface area contributed by atoms with Crippen LogP contribution in [0.3, 0.4) is 0 Å². The molecule has 0 saturated carbocycles. The number of carbonyl (C=O) groups is 2. The standard InChI is InChI=1S/C22H23FN2O5S/c1-29-16-5-4-14(13-15(16)23)20(26)18-19(17-3-2-12-31-17)25(22(28)21(18)27)7-6-24-8-10-30-11-9-24/h2-5,12-13,19,26H,6-11H2,1H3. The van der Waals surface area contributed by atoms with Crippen LogP contribution >= 0.6 is 11.3 Å². The molecular formula is C22H23FN2O5S. The third-order valence-corrected chi connectivity index (χ3v) is 6.46. The quantitative estimate of drug-likeness (QED) is 0.418. The first-order valence-electron chi connectivity index (χ1n) is 9.97. The van der Waals surface area contributed by atoms with Crippen molar-refractivity contribution in [1.82, 2.24) is 9.80 Å². The van der Waals surface area contributed by atoms with Crippen molar-refractivity contribution < 1.29 is 28.6 Å². The van der Waals surface area contributed by atoms with Gasteiger partial charge < -0.3 is 19.5 Å². The number of ketones is 1. The molecule has 0 bridgehead atoms. The lowest BCUT2D eigenvalue weighted by molar-refractivity contribution is -0.140. The summed E-state index contributed by atoms with van der Waals surface area (Å²) in [4.78, 5) is 30.3. The minimum Gasteiger partial charge on any atom is -0.507 e. The van der Waals surface area contributed by atoms with Crippen molar-refractivity contribution in [3.8, 4) is 5.75 Å². The number of nitrogens with zero attached hydrogens (tertiary/aromatic N) is 2. The van der Waals surface area contributed by atoms with E-state index in [-0.39, 0.29) is 16.9 Å². The van der Waals surface area contributed by atoms with E-state index in [1.54, 1.807) is 0 Å². The lowest BCUT2D eigenvalue weighted by Gasteiger charge is -2.30. The van der Waals surface area contributed by atoms with Gasteiger partial charge in [0.1, 0.15) is 5.76 Å². The monoisotopic (exact) mass is 446 g/mol. The van der Waals surface area contributed by atoms with Crippen LogP contribution in [0.4, 0.5) is 4.39 Å². The number of hydrogen-bond acceptors (Lipinski definition) is 7. The van der Waals surface area contributed by atoms with E-state index in [0.29, 0.717) is 26.3 Å². The summed E-state index contributed by atoms with van der Waals surface area (Å²) in [5, 5.41) is 12.8. The maximum atomic E-state index is 14.2. The Bertz CT molecular complexity index is 1000. The van der Waals surface area contributed by atoms with Gasteiger partial charge in [0.05, 0.1) is 31.9 Å². The minimum atomic E-state index is -0.769. The first kappa shape index (κ1) is 21.5. The van der Waals surface area contributed by atoms with Gasteiger partial charge in [-0.25, -0.2) is 4.39 Å². The highest BCUT2D eigenvalue weighted by Gasteiger charge is 2.46. The van der Waals surface area contributed by atoms with Crippen LogP contribution in [0.25, 0.3) is 5.76 Å². The van der Waals surface area contributed by atoms with Crippen molar-refractivity contribution in [2.24, 2.45) is 0 Å². The van der Waals surface area contributed by atoms with Crippen molar-refractivity contribution in [2.75, 3.05) is 46.5 Å². The molecule has 1 unspecified atom stereocenters. The summed E-state index contributed by atoms with van der Waals surface area (Å²) < 4.78 is 24.5. The number of thiophene rings is 1. The average Bonchev–Trinajstić information content (AvgIpc) is 3.40. The molecule has 9 heteroatoms. The van der Waals surface area contributed by atoms with Gasteiger partial charge in [0.15, 0.2) is 11.6 Å². The number of halogens is 1. The van der Waals surface area contributed by atoms with Gasteiger partial charge in [0.2, 0.25) is 0 Å². The molecule has 2 aromatic rings. The number of ether oxygens (including phenoxy) is 2. The van der Waals surface area contributed by atoms with Gasteiger partial charge >= 0.3 is 0 Å². The molecule has 1 aromatic heterocycles. The Morgan fingerprint density at radius 3 is 2.68 bits per heavy atom. The molecule has 1 aromatic carbocycles. The van der Waals surface area contributed by atoms with Crippen molar-refractivity contribution in [3.05, 3.63) is 57.5 Å². The van der Waals surface area contributed by atoms with Crippen LogP contribution < -0.4 is 4.74 Å². The van der Waals surface area contributed by atoms with Crippen LogP contribution in [0.15, 0.2) is 41.3 Å². The molecule has 1 N–H and O–H groups in total. The van der Waals surface area contributed by atoms with Gasteiger partial charge in [-0.3, -0.25) is 14.5 Å². The number of aliphatic hydroxyl groups excluding tert-OH is 1. The maximum absolute atomic E-state index is 14.2. The molecule has 164 valence electrons. The fraction of sp³-hybridized carbons (Fsp3) is 0.364. The number of rotatable bonds is 6. The smallest absolute Gasteiger partial charge is 0.295 e. The Kier molecular flexibility index (Phi) is 6.35. The van der Waals surface area contributed by atoms with Crippen LogP contribution in [0.5, 0.6) is 5.75 Å². The van der Waals surface area contributed by atoms with Crippen molar-refractivity contribution >= 4 is 28.8 Å². The summed E-state index contributed by atoms with van der Waals surface area (Å²) in [6, 6.07) is 6.87. The number of carbonyl (C=O) groups excluding carboxylic acids is 2. The van der Waals surface area contributed by atoms with Gasteiger partial charge in [-0.2, -0.15) is 0 Å². The molecular weight excluding hydrogens is 423 g/mol. The molecule has 2 fully saturated rings. The van der Waals surface area contributed by atoms with Gasteiger partial charge in [0, 0.05) is 36.6 Å². The molecule has 0 spiro atoms. The molecule has 2 aliphatic heterocycles. The SMILES string of the molecule is COc1ccc(C(O)=C2C(=O)C(=O)N(CCN3CCOCC3)C2c2cccs2)cc1F. The highest BCUT2D eigenvalue weighted by molar-refractivity contribution is 7.10. The molecule has 0 radical (unpaired) electrons. The number of Topliss-reactive ketones (excluding diaryl/α,β-unsaturated/α-hetero) is 1. The van der Waals surface area contributed by atoms with E-state index in [1.807, 2.05) is 17.5 Å². The number of amides is 1.